The van der Waals surface area contributed by atoms with Crippen LogP contribution in [0.1, 0.15) is 22.8 Å². The summed E-state index contributed by atoms with van der Waals surface area (Å²) in [5.74, 6) is 2.34. The Labute approximate surface area is 124 Å². The Bertz CT molecular complexity index is 535. The normalized spacial score (nSPS) is 10.2. The molecule has 0 saturated heterocycles. The fourth-order valence-electron chi connectivity index (χ4n) is 1.82. The highest BCUT2D eigenvalue weighted by Gasteiger charge is 2.06. The van der Waals surface area contributed by atoms with E-state index in [1.165, 1.54) is 5.56 Å². The molecule has 0 aromatic heterocycles. The van der Waals surface area contributed by atoms with Crippen molar-refractivity contribution in [1.29, 1.82) is 0 Å². The lowest BCUT2D eigenvalue weighted by atomic mass is 10.1. The Hall–Kier alpha value is -1.74. The molecule has 0 aliphatic heterocycles. The lowest BCUT2D eigenvalue weighted by Gasteiger charge is -2.05. The van der Waals surface area contributed by atoms with Crippen LogP contribution in [-0.4, -0.2) is 18.1 Å². The van der Waals surface area contributed by atoms with Crippen LogP contribution < -0.4 is 4.74 Å². The number of carbonyl (C=O) groups excluding carboxylic acids is 1. The van der Waals surface area contributed by atoms with Gasteiger partial charge in [0, 0.05) is 11.3 Å². The molecule has 0 aliphatic rings. The number of rotatable bonds is 7. The van der Waals surface area contributed by atoms with E-state index in [1.54, 1.807) is 11.8 Å². The van der Waals surface area contributed by atoms with Gasteiger partial charge >= 0.3 is 0 Å². The minimum absolute atomic E-state index is 0.161. The zero-order valence-electron chi connectivity index (χ0n) is 11.5. The SMILES string of the molecule is CCOc1ccc(C(=O)CSCc2ccccc2)cc1. The maximum Gasteiger partial charge on any atom is 0.172 e. The molecule has 0 unspecified atom stereocenters. The number of benzene rings is 2. The summed E-state index contributed by atoms with van der Waals surface area (Å²) >= 11 is 1.64. The van der Waals surface area contributed by atoms with Crippen molar-refractivity contribution in [2.45, 2.75) is 12.7 Å². The van der Waals surface area contributed by atoms with Crippen molar-refractivity contribution < 1.29 is 9.53 Å². The maximum absolute atomic E-state index is 12.0. The van der Waals surface area contributed by atoms with Crippen LogP contribution in [0.15, 0.2) is 54.6 Å². The second-order valence-corrected chi connectivity index (χ2v) is 5.34. The summed E-state index contributed by atoms with van der Waals surface area (Å²) in [5, 5.41) is 0. The fourth-order valence-corrected chi connectivity index (χ4v) is 2.71. The Kier molecular flexibility index (Phi) is 5.69. The van der Waals surface area contributed by atoms with E-state index >= 15 is 0 Å². The molecule has 2 rings (SSSR count). The van der Waals surface area contributed by atoms with Crippen molar-refractivity contribution in [1.82, 2.24) is 0 Å². The van der Waals surface area contributed by atoms with Gasteiger partial charge in [-0.3, -0.25) is 4.79 Å². The summed E-state index contributed by atoms with van der Waals surface area (Å²) in [4.78, 5) is 12.0. The lowest BCUT2D eigenvalue weighted by Crippen LogP contribution is -2.02. The van der Waals surface area contributed by atoms with Gasteiger partial charge in [-0.1, -0.05) is 30.3 Å². The van der Waals surface area contributed by atoms with Crippen molar-refractivity contribution in [3.63, 3.8) is 0 Å². The number of carbonyl (C=O) groups is 1. The van der Waals surface area contributed by atoms with Gasteiger partial charge in [-0.2, -0.15) is 0 Å². The molecule has 3 heteroatoms. The van der Waals surface area contributed by atoms with Crippen molar-refractivity contribution in [3.05, 3.63) is 65.7 Å². The first kappa shape index (κ1) is 14.7. The molecule has 0 heterocycles. The van der Waals surface area contributed by atoms with E-state index in [-0.39, 0.29) is 5.78 Å². The molecule has 0 bridgehead atoms. The topological polar surface area (TPSA) is 26.3 Å². The molecular formula is C17H18O2S. The van der Waals surface area contributed by atoms with Crippen LogP contribution in [0.5, 0.6) is 5.75 Å². The molecule has 0 radical (unpaired) electrons. The van der Waals surface area contributed by atoms with Crippen molar-refractivity contribution in [2.75, 3.05) is 12.4 Å². The molecule has 0 N–H and O–H groups in total. The fraction of sp³-hybridized carbons (Fsp3) is 0.235. The summed E-state index contributed by atoms with van der Waals surface area (Å²) in [5.41, 5.74) is 1.99. The Balaban J connectivity index is 1.82. The molecule has 2 aromatic rings. The smallest absolute Gasteiger partial charge is 0.172 e. The third kappa shape index (κ3) is 4.42. The van der Waals surface area contributed by atoms with Crippen LogP contribution >= 0.6 is 11.8 Å². The summed E-state index contributed by atoms with van der Waals surface area (Å²) in [6.07, 6.45) is 0. The van der Waals surface area contributed by atoms with E-state index in [0.717, 1.165) is 17.1 Å². The van der Waals surface area contributed by atoms with Crippen molar-refractivity contribution in [3.8, 4) is 5.75 Å². The number of Topliss-reactive ketones (excluding diaryl/α,β-unsaturated/α-hetero) is 1. The van der Waals surface area contributed by atoms with Gasteiger partial charge in [0.25, 0.3) is 0 Å². The molecule has 20 heavy (non-hydrogen) atoms. The zero-order chi connectivity index (χ0) is 14.2. The van der Waals surface area contributed by atoms with Crippen LogP contribution in [0.4, 0.5) is 0 Å². The predicted octanol–water partition coefficient (Wildman–Crippen LogP) is 4.20. The van der Waals surface area contributed by atoms with Crippen LogP contribution in [0.25, 0.3) is 0 Å². The standard InChI is InChI=1S/C17H18O2S/c1-2-19-16-10-8-15(9-11-16)17(18)13-20-12-14-6-4-3-5-7-14/h3-11H,2,12-13H2,1H3. The summed E-state index contributed by atoms with van der Waals surface area (Å²) in [6.45, 7) is 2.58. The van der Waals surface area contributed by atoms with E-state index in [2.05, 4.69) is 12.1 Å². The lowest BCUT2D eigenvalue weighted by molar-refractivity contribution is 0.102. The highest BCUT2D eigenvalue weighted by molar-refractivity contribution is 7.99. The first-order valence-electron chi connectivity index (χ1n) is 6.67. The first-order valence-corrected chi connectivity index (χ1v) is 7.83. The van der Waals surface area contributed by atoms with E-state index in [4.69, 9.17) is 4.74 Å². The number of hydrogen-bond acceptors (Lipinski definition) is 3. The Morgan fingerprint density at radius 2 is 1.75 bits per heavy atom. The Morgan fingerprint density at radius 1 is 1.05 bits per heavy atom. The second-order valence-electron chi connectivity index (χ2n) is 4.36. The Morgan fingerprint density at radius 3 is 2.40 bits per heavy atom. The minimum atomic E-state index is 0.161. The molecule has 104 valence electrons. The van der Waals surface area contributed by atoms with Crippen LogP contribution in [0.3, 0.4) is 0 Å². The zero-order valence-corrected chi connectivity index (χ0v) is 12.4. The first-order chi connectivity index (χ1) is 9.79. The molecule has 0 aliphatic carbocycles. The summed E-state index contributed by atoms with van der Waals surface area (Å²) < 4.78 is 5.36. The molecule has 0 fully saturated rings. The second kappa shape index (κ2) is 7.75. The molecule has 0 amide bonds. The molecule has 2 aromatic carbocycles. The largest absolute Gasteiger partial charge is 0.494 e. The van der Waals surface area contributed by atoms with Crippen molar-refractivity contribution >= 4 is 17.5 Å². The molecule has 2 nitrogen and oxygen atoms in total. The predicted molar refractivity (Wildman–Crippen MR) is 84.5 cm³/mol. The van der Waals surface area contributed by atoms with Gasteiger partial charge in [0.05, 0.1) is 12.4 Å². The number of ether oxygens (including phenoxy) is 1. The highest BCUT2D eigenvalue weighted by Crippen LogP contribution is 2.16. The number of hydrogen-bond donors (Lipinski definition) is 0. The average molecular weight is 286 g/mol. The molecular weight excluding hydrogens is 268 g/mol. The van der Waals surface area contributed by atoms with E-state index < -0.39 is 0 Å². The van der Waals surface area contributed by atoms with E-state index in [9.17, 15) is 4.79 Å². The monoisotopic (exact) mass is 286 g/mol. The third-order valence-corrected chi connectivity index (χ3v) is 3.84. The summed E-state index contributed by atoms with van der Waals surface area (Å²) in [7, 11) is 0. The highest BCUT2D eigenvalue weighted by atomic mass is 32.2. The van der Waals surface area contributed by atoms with Crippen molar-refractivity contribution in [2.24, 2.45) is 0 Å². The van der Waals surface area contributed by atoms with Crippen LogP contribution in [-0.2, 0) is 5.75 Å². The summed E-state index contributed by atoms with van der Waals surface area (Å²) in [6, 6.07) is 17.5. The minimum Gasteiger partial charge on any atom is -0.494 e. The van der Waals surface area contributed by atoms with E-state index in [0.29, 0.717) is 12.4 Å². The van der Waals surface area contributed by atoms with Gasteiger partial charge in [-0.15, -0.1) is 11.8 Å². The molecule has 0 spiro atoms. The van der Waals surface area contributed by atoms with Crippen LogP contribution in [0, 0.1) is 0 Å². The quantitative estimate of drug-likeness (QED) is 0.713. The average Bonchev–Trinajstić information content (AvgIpc) is 2.49. The molecule has 0 saturated carbocycles. The van der Waals surface area contributed by atoms with Gasteiger partial charge in [0.2, 0.25) is 0 Å². The van der Waals surface area contributed by atoms with Crippen LogP contribution in [0.2, 0.25) is 0 Å². The van der Waals surface area contributed by atoms with Gasteiger partial charge in [0.15, 0.2) is 5.78 Å². The molecule has 0 atom stereocenters. The number of thioether (sulfide) groups is 1. The van der Waals surface area contributed by atoms with Gasteiger partial charge in [0.1, 0.15) is 5.75 Å². The maximum atomic E-state index is 12.0. The third-order valence-electron chi connectivity index (χ3n) is 2.83. The number of ketones is 1. The van der Waals surface area contributed by atoms with Gasteiger partial charge in [-0.05, 0) is 36.8 Å². The van der Waals surface area contributed by atoms with E-state index in [1.807, 2.05) is 49.4 Å². The van der Waals surface area contributed by atoms with Gasteiger partial charge in [-0.25, -0.2) is 0 Å². The van der Waals surface area contributed by atoms with Gasteiger partial charge < -0.3 is 4.74 Å².